The van der Waals surface area contributed by atoms with Crippen molar-refractivity contribution in [2.24, 2.45) is 0 Å². The van der Waals surface area contributed by atoms with Crippen molar-refractivity contribution in [1.29, 1.82) is 0 Å². The van der Waals surface area contributed by atoms with Crippen molar-refractivity contribution in [3.05, 3.63) is 57.3 Å². The SMILES string of the molecule is O=C1N[C@@H](c2cc(Cl)cc(Cl)c2O)Nc2cccc(F)c21. The van der Waals surface area contributed by atoms with E-state index in [4.69, 9.17) is 23.2 Å². The lowest BCUT2D eigenvalue weighted by atomic mass is 10.0. The van der Waals surface area contributed by atoms with Gasteiger partial charge >= 0.3 is 0 Å². The predicted octanol–water partition coefficient (Wildman–Crippen LogP) is 3.69. The Morgan fingerprint density at radius 3 is 2.71 bits per heavy atom. The number of halogens is 3. The molecule has 0 unspecified atom stereocenters. The van der Waals surface area contributed by atoms with Gasteiger partial charge in [-0.05, 0) is 24.3 Å². The van der Waals surface area contributed by atoms with Crippen LogP contribution in [0.5, 0.6) is 5.75 Å². The van der Waals surface area contributed by atoms with E-state index in [2.05, 4.69) is 10.6 Å². The fourth-order valence-electron chi connectivity index (χ4n) is 2.23. The third-order valence-corrected chi connectivity index (χ3v) is 3.69. The molecule has 2 aromatic carbocycles. The molecule has 0 fully saturated rings. The maximum Gasteiger partial charge on any atom is 0.258 e. The Hall–Kier alpha value is -1.98. The number of hydrogen-bond acceptors (Lipinski definition) is 3. The number of nitrogens with one attached hydrogen (secondary N) is 2. The Labute approximate surface area is 129 Å². The monoisotopic (exact) mass is 326 g/mol. The van der Waals surface area contributed by atoms with Gasteiger partial charge in [0.05, 0.1) is 16.3 Å². The fraction of sp³-hybridized carbons (Fsp3) is 0.0714. The number of carbonyl (C=O) groups is 1. The normalized spacial score (nSPS) is 16.9. The number of amides is 1. The van der Waals surface area contributed by atoms with Gasteiger partial charge < -0.3 is 15.7 Å². The molecule has 1 amide bonds. The quantitative estimate of drug-likeness (QED) is 0.749. The standard InChI is InChI=1S/C14H9Cl2FN2O2/c15-6-4-7(12(20)8(16)5-6)13-18-10-3-1-2-9(17)11(10)14(21)19-13/h1-5,13,18,20H,(H,19,21)/t13-/m0/s1. The van der Waals surface area contributed by atoms with Crippen LogP contribution in [0.4, 0.5) is 10.1 Å². The molecular formula is C14H9Cl2FN2O2. The third-order valence-electron chi connectivity index (χ3n) is 3.18. The van der Waals surface area contributed by atoms with Crippen LogP contribution in [0.1, 0.15) is 22.1 Å². The van der Waals surface area contributed by atoms with Gasteiger partial charge in [0.25, 0.3) is 5.91 Å². The molecule has 1 heterocycles. The molecule has 0 bridgehead atoms. The van der Waals surface area contributed by atoms with E-state index >= 15 is 0 Å². The summed E-state index contributed by atoms with van der Waals surface area (Å²) in [5, 5.41) is 15.9. The summed E-state index contributed by atoms with van der Waals surface area (Å²) in [6.45, 7) is 0. The van der Waals surface area contributed by atoms with E-state index in [0.717, 1.165) is 0 Å². The second-order valence-electron chi connectivity index (χ2n) is 4.54. The first-order valence-electron chi connectivity index (χ1n) is 6.01. The zero-order valence-corrected chi connectivity index (χ0v) is 12.0. The van der Waals surface area contributed by atoms with Crippen molar-refractivity contribution in [2.75, 3.05) is 5.32 Å². The van der Waals surface area contributed by atoms with Crippen LogP contribution in [0.2, 0.25) is 10.0 Å². The number of fused-ring (bicyclic) bond motifs is 1. The molecule has 4 nitrogen and oxygen atoms in total. The van der Waals surface area contributed by atoms with Crippen molar-refractivity contribution < 1.29 is 14.3 Å². The van der Waals surface area contributed by atoms with E-state index in [-0.39, 0.29) is 16.3 Å². The largest absolute Gasteiger partial charge is 0.506 e. The average molecular weight is 327 g/mol. The zero-order valence-electron chi connectivity index (χ0n) is 10.5. The molecule has 3 N–H and O–H groups in total. The molecule has 1 aliphatic rings. The lowest BCUT2D eigenvalue weighted by Crippen LogP contribution is -2.39. The molecule has 0 aliphatic carbocycles. The van der Waals surface area contributed by atoms with Crippen LogP contribution in [0.15, 0.2) is 30.3 Å². The Kier molecular flexibility index (Phi) is 3.39. The third kappa shape index (κ3) is 2.39. The molecular weight excluding hydrogens is 318 g/mol. The van der Waals surface area contributed by atoms with Gasteiger partial charge in [-0.15, -0.1) is 0 Å². The molecule has 108 valence electrons. The van der Waals surface area contributed by atoms with Gasteiger partial charge in [0.2, 0.25) is 0 Å². The lowest BCUT2D eigenvalue weighted by molar-refractivity contribution is 0.0931. The molecule has 1 atom stereocenters. The van der Waals surface area contributed by atoms with Crippen molar-refractivity contribution in [2.45, 2.75) is 6.17 Å². The summed E-state index contributed by atoms with van der Waals surface area (Å²) in [5.74, 6) is -1.40. The minimum absolute atomic E-state index is 0.0681. The van der Waals surface area contributed by atoms with Gasteiger partial charge in [0.15, 0.2) is 0 Å². The van der Waals surface area contributed by atoms with Crippen LogP contribution in [-0.4, -0.2) is 11.0 Å². The highest BCUT2D eigenvalue weighted by Crippen LogP contribution is 2.37. The fourth-order valence-corrected chi connectivity index (χ4v) is 2.74. The number of rotatable bonds is 1. The lowest BCUT2D eigenvalue weighted by Gasteiger charge is -2.29. The topological polar surface area (TPSA) is 61.4 Å². The molecule has 2 aromatic rings. The van der Waals surface area contributed by atoms with Crippen LogP contribution in [0, 0.1) is 5.82 Å². The smallest absolute Gasteiger partial charge is 0.258 e. The Morgan fingerprint density at radius 1 is 1.19 bits per heavy atom. The Bertz CT molecular complexity index is 752. The van der Waals surface area contributed by atoms with E-state index in [1.807, 2.05) is 0 Å². The highest BCUT2D eigenvalue weighted by Gasteiger charge is 2.29. The molecule has 1 aliphatic heterocycles. The first-order chi connectivity index (χ1) is 9.97. The number of phenols is 1. The average Bonchev–Trinajstić information content (AvgIpc) is 2.42. The van der Waals surface area contributed by atoms with E-state index in [1.165, 1.54) is 24.3 Å². The van der Waals surface area contributed by atoms with Gasteiger partial charge in [-0.1, -0.05) is 29.3 Å². The number of hydrogen-bond donors (Lipinski definition) is 3. The maximum absolute atomic E-state index is 13.7. The van der Waals surface area contributed by atoms with Crippen molar-refractivity contribution in [1.82, 2.24) is 5.32 Å². The minimum atomic E-state index is -0.761. The summed E-state index contributed by atoms with van der Waals surface area (Å²) in [6.07, 6.45) is -0.761. The molecule has 0 saturated carbocycles. The molecule has 0 spiro atoms. The predicted molar refractivity (Wildman–Crippen MR) is 78.4 cm³/mol. The van der Waals surface area contributed by atoms with Gasteiger partial charge in [-0.2, -0.15) is 0 Å². The first-order valence-corrected chi connectivity index (χ1v) is 6.77. The van der Waals surface area contributed by atoms with Gasteiger partial charge in [0, 0.05) is 10.6 Å². The highest BCUT2D eigenvalue weighted by atomic mass is 35.5. The number of carbonyl (C=O) groups excluding carboxylic acids is 1. The van der Waals surface area contributed by atoms with Crippen LogP contribution in [-0.2, 0) is 0 Å². The molecule has 7 heteroatoms. The molecule has 0 radical (unpaired) electrons. The first kappa shape index (κ1) is 14.0. The number of anilines is 1. The van der Waals surface area contributed by atoms with Gasteiger partial charge in [-0.25, -0.2) is 4.39 Å². The summed E-state index contributed by atoms with van der Waals surface area (Å²) < 4.78 is 13.7. The van der Waals surface area contributed by atoms with E-state index in [1.54, 1.807) is 6.07 Å². The van der Waals surface area contributed by atoms with Crippen molar-refractivity contribution >= 4 is 34.8 Å². The molecule has 0 aromatic heterocycles. The van der Waals surface area contributed by atoms with E-state index < -0.39 is 17.9 Å². The summed E-state index contributed by atoms with van der Waals surface area (Å²) in [5.41, 5.74) is 0.566. The highest BCUT2D eigenvalue weighted by molar-refractivity contribution is 6.35. The van der Waals surface area contributed by atoms with Gasteiger partial charge in [-0.3, -0.25) is 4.79 Å². The summed E-state index contributed by atoms with van der Waals surface area (Å²) in [6, 6.07) is 7.13. The van der Waals surface area contributed by atoms with Crippen LogP contribution >= 0.6 is 23.2 Å². The zero-order chi connectivity index (χ0) is 15.1. The second-order valence-corrected chi connectivity index (χ2v) is 5.38. The van der Waals surface area contributed by atoms with Crippen LogP contribution in [0.3, 0.4) is 0 Å². The summed E-state index contributed by atoms with van der Waals surface area (Å²) in [4.78, 5) is 12.0. The summed E-state index contributed by atoms with van der Waals surface area (Å²) >= 11 is 11.8. The Morgan fingerprint density at radius 2 is 1.95 bits per heavy atom. The number of benzene rings is 2. The van der Waals surface area contributed by atoms with Crippen molar-refractivity contribution in [3.8, 4) is 5.75 Å². The summed E-state index contributed by atoms with van der Waals surface area (Å²) in [7, 11) is 0. The van der Waals surface area contributed by atoms with Crippen LogP contribution < -0.4 is 10.6 Å². The number of aromatic hydroxyl groups is 1. The van der Waals surface area contributed by atoms with E-state index in [9.17, 15) is 14.3 Å². The molecule has 3 rings (SSSR count). The maximum atomic E-state index is 13.7. The second kappa shape index (κ2) is 5.09. The minimum Gasteiger partial charge on any atom is -0.506 e. The van der Waals surface area contributed by atoms with Crippen molar-refractivity contribution in [3.63, 3.8) is 0 Å². The van der Waals surface area contributed by atoms with E-state index in [0.29, 0.717) is 16.3 Å². The number of phenolic OH excluding ortho intramolecular Hbond substituents is 1. The molecule has 21 heavy (non-hydrogen) atoms. The Balaban J connectivity index is 2.06. The van der Waals surface area contributed by atoms with Gasteiger partial charge in [0.1, 0.15) is 17.7 Å². The van der Waals surface area contributed by atoms with Crippen LogP contribution in [0.25, 0.3) is 0 Å². The molecule has 0 saturated heterocycles.